The summed E-state index contributed by atoms with van der Waals surface area (Å²) in [7, 11) is 0. The highest BCUT2D eigenvalue weighted by molar-refractivity contribution is 5.76. The predicted octanol–water partition coefficient (Wildman–Crippen LogP) is 5.18. The topological polar surface area (TPSA) is 98.0 Å². The van der Waals surface area contributed by atoms with E-state index >= 15 is 0 Å². The molecule has 5 aliphatic rings. The van der Waals surface area contributed by atoms with Crippen LogP contribution in [-0.2, 0) is 4.79 Å². The molecule has 35 heavy (non-hydrogen) atoms. The molecule has 0 heterocycles. The molecular formula is C30H48O5. The molecule has 0 spiro atoms. The molecule has 5 rings (SSSR count). The van der Waals surface area contributed by atoms with Crippen molar-refractivity contribution in [1.29, 1.82) is 0 Å². The summed E-state index contributed by atoms with van der Waals surface area (Å²) in [6.45, 7) is 13.5. The molecular weight excluding hydrogens is 440 g/mol. The lowest BCUT2D eigenvalue weighted by atomic mass is 9.33. The van der Waals surface area contributed by atoms with Gasteiger partial charge in [0, 0.05) is 11.3 Å². The van der Waals surface area contributed by atoms with Crippen LogP contribution in [0.3, 0.4) is 0 Å². The van der Waals surface area contributed by atoms with Gasteiger partial charge in [0.05, 0.1) is 24.2 Å². The number of rotatable bonds is 2. The summed E-state index contributed by atoms with van der Waals surface area (Å²) in [5.41, 5.74) is -0.397. The van der Waals surface area contributed by atoms with Gasteiger partial charge in [0.1, 0.15) is 0 Å². The number of fused-ring (bicyclic) bond motifs is 7. The number of hydrogen-bond donors (Lipinski definition) is 4. The van der Waals surface area contributed by atoms with Gasteiger partial charge >= 0.3 is 5.97 Å². The van der Waals surface area contributed by atoms with E-state index in [2.05, 4.69) is 40.7 Å². The van der Waals surface area contributed by atoms with Crippen LogP contribution in [0.4, 0.5) is 0 Å². The highest BCUT2D eigenvalue weighted by atomic mass is 16.4. The average molecular weight is 489 g/mol. The smallest absolute Gasteiger partial charge is 0.310 e. The maximum Gasteiger partial charge on any atom is 0.310 e. The minimum atomic E-state index is -0.711. The zero-order valence-electron chi connectivity index (χ0n) is 22.7. The van der Waals surface area contributed by atoms with Crippen LogP contribution in [-0.4, -0.2) is 45.2 Å². The third-order valence-corrected chi connectivity index (χ3v) is 13.1. The molecule has 10 atom stereocenters. The fourth-order valence-corrected chi connectivity index (χ4v) is 10.8. The van der Waals surface area contributed by atoms with Crippen LogP contribution in [0.5, 0.6) is 0 Å². The molecule has 0 radical (unpaired) electrons. The van der Waals surface area contributed by atoms with Gasteiger partial charge in [0.2, 0.25) is 0 Å². The van der Waals surface area contributed by atoms with Gasteiger partial charge < -0.3 is 20.4 Å². The number of allylic oxidation sites excluding steroid dienone is 2. The first-order valence-corrected chi connectivity index (χ1v) is 14.0. The van der Waals surface area contributed by atoms with Crippen molar-refractivity contribution < 1.29 is 25.2 Å². The standard InChI is InChI=1S/C30H48O5/c1-25(2)11-13-30(24(34)35)14-12-28(5)18(19(30)15-25)7-8-21-26(3)10-9-22(33)27(4,17-31)23(26)20(32)16-29(21,28)6/h7,19-23,31-33H,8-17H2,1-6H3,(H,34,35)/t19-,20-,21-,22-,23+,26+,27+,28+,29-,30+/m0/s1. The van der Waals surface area contributed by atoms with Crippen LogP contribution < -0.4 is 0 Å². The predicted molar refractivity (Wildman–Crippen MR) is 135 cm³/mol. The Balaban J connectivity index is 1.63. The van der Waals surface area contributed by atoms with Crippen LogP contribution in [0, 0.1) is 50.2 Å². The second-order valence-electron chi connectivity index (χ2n) is 15.1. The Kier molecular flexibility index (Phi) is 5.56. The van der Waals surface area contributed by atoms with Crippen LogP contribution in [0.1, 0.15) is 99.3 Å². The van der Waals surface area contributed by atoms with Crippen molar-refractivity contribution in [1.82, 2.24) is 0 Å². The SMILES string of the molecule is CC1(C)CC[C@@]2(C(=O)O)CC[C@]3(C)C(=CC[C@H]4[C@@]5(C)CC[C@H](O)[C@@](C)(CO)[C@@H]5[C@@H](O)C[C@@]43C)[C@@H]2C1. The van der Waals surface area contributed by atoms with Gasteiger partial charge in [0.25, 0.3) is 0 Å². The number of aliphatic hydroxyl groups is 3. The normalized spacial score (nSPS) is 55.0. The van der Waals surface area contributed by atoms with Gasteiger partial charge in [-0.3, -0.25) is 4.79 Å². The van der Waals surface area contributed by atoms with E-state index in [1.807, 2.05) is 6.92 Å². The van der Waals surface area contributed by atoms with Crippen molar-refractivity contribution in [3.8, 4) is 0 Å². The van der Waals surface area contributed by atoms with Gasteiger partial charge in [-0.05, 0) is 91.3 Å². The molecule has 4 saturated carbocycles. The Hall–Kier alpha value is -0.910. The molecule has 0 unspecified atom stereocenters. The largest absolute Gasteiger partial charge is 0.481 e. The van der Waals surface area contributed by atoms with E-state index in [9.17, 15) is 25.2 Å². The number of carboxylic acids is 1. The van der Waals surface area contributed by atoms with Crippen LogP contribution in [0.25, 0.3) is 0 Å². The van der Waals surface area contributed by atoms with Gasteiger partial charge in [-0.15, -0.1) is 0 Å². The van der Waals surface area contributed by atoms with E-state index in [1.165, 1.54) is 5.57 Å². The van der Waals surface area contributed by atoms with E-state index in [1.54, 1.807) is 0 Å². The first-order valence-electron chi connectivity index (χ1n) is 14.0. The molecule has 0 bridgehead atoms. The van der Waals surface area contributed by atoms with E-state index in [4.69, 9.17) is 0 Å². The Labute approximate surface area is 211 Å². The minimum absolute atomic E-state index is 0.0545. The molecule has 0 aromatic rings. The van der Waals surface area contributed by atoms with Crippen molar-refractivity contribution >= 4 is 5.97 Å². The fraction of sp³-hybridized carbons (Fsp3) is 0.900. The van der Waals surface area contributed by atoms with Gasteiger partial charge in [0.15, 0.2) is 0 Å². The zero-order chi connectivity index (χ0) is 25.8. The summed E-state index contributed by atoms with van der Waals surface area (Å²) in [6.07, 6.45) is 8.44. The van der Waals surface area contributed by atoms with Crippen LogP contribution in [0.2, 0.25) is 0 Å². The monoisotopic (exact) mass is 488 g/mol. The van der Waals surface area contributed by atoms with Gasteiger partial charge in [-0.2, -0.15) is 0 Å². The average Bonchev–Trinajstić information content (AvgIpc) is 2.76. The number of carbonyl (C=O) groups is 1. The maximum absolute atomic E-state index is 12.8. The van der Waals surface area contributed by atoms with Gasteiger partial charge in [-0.1, -0.05) is 53.2 Å². The van der Waals surface area contributed by atoms with Crippen LogP contribution in [0.15, 0.2) is 11.6 Å². The highest BCUT2D eigenvalue weighted by Gasteiger charge is 2.71. The molecule has 0 aliphatic heterocycles. The quantitative estimate of drug-likeness (QED) is 0.402. The van der Waals surface area contributed by atoms with E-state index in [-0.39, 0.29) is 40.1 Å². The molecule has 4 fully saturated rings. The Bertz CT molecular complexity index is 941. The zero-order valence-corrected chi connectivity index (χ0v) is 22.7. The molecule has 5 heteroatoms. The fourth-order valence-electron chi connectivity index (χ4n) is 10.8. The molecule has 0 saturated heterocycles. The van der Waals surface area contributed by atoms with Crippen molar-refractivity contribution in [3.05, 3.63) is 11.6 Å². The first kappa shape index (κ1) is 25.7. The third-order valence-electron chi connectivity index (χ3n) is 13.1. The number of aliphatic hydroxyl groups excluding tert-OH is 3. The highest BCUT2D eigenvalue weighted by Crippen LogP contribution is 2.75. The molecule has 198 valence electrons. The second kappa shape index (κ2) is 7.57. The van der Waals surface area contributed by atoms with E-state index in [0.717, 1.165) is 38.5 Å². The minimum Gasteiger partial charge on any atom is -0.481 e. The summed E-state index contributed by atoms with van der Waals surface area (Å²) in [6, 6.07) is 0. The van der Waals surface area contributed by atoms with Crippen molar-refractivity contribution in [2.75, 3.05) is 6.61 Å². The Morgan fingerprint density at radius 3 is 2.26 bits per heavy atom. The van der Waals surface area contributed by atoms with Crippen molar-refractivity contribution in [2.24, 2.45) is 50.2 Å². The Morgan fingerprint density at radius 1 is 0.971 bits per heavy atom. The molecule has 0 aromatic carbocycles. The van der Waals surface area contributed by atoms with Gasteiger partial charge in [-0.25, -0.2) is 0 Å². The summed E-state index contributed by atoms with van der Waals surface area (Å²) in [5.74, 6) is -0.400. The summed E-state index contributed by atoms with van der Waals surface area (Å²) >= 11 is 0. The first-order chi connectivity index (χ1) is 16.1. The number of hydrogen-bond acceptors (Lipinski definition) is 4. The maximum atomic E-state index is 12.8. The number of aliphatic carboxylic acids is 1. The lowest BCUT2D eigenvalue weighted by Gasteiger charge is -2.72. The molecule has 5 nitrogen and oxygen atoms in total. The van der Waals surface area contributed by atoms with Crippen LogP contribution >= 0.6 is 0 Å². The summed E-state index contributed by atoms with van der Waals surface area (Å²) < 4.78 is 0. The Morgan fingerprint density at radius 2 is 1.63 bits per heavy atom. The molecule has 0 amide bonds. The van der Waals surface area contributed by atoms with Crippen molar-refractivity contribution in [3.63, 3.8) is 0 Å². The summed E-state index contributed by atoms with van der Waals surface area (Å²) in [5, 5.41) is 43.6. The molecule has 4 N–H and O–H groups in total. The van der Waals surface area contributed by atoms with E-state index in [0.29, 0.717) is 25.2 Å². The summed E-state index contributed by atoms with van der Waals surface area (Å²) in [4.78, 5) is 12.8. The number of carboxylic acid groups (broad SMARTS) is 1. The third kappa shape index (κ3) is 3.07. The molecule has 5 aliphatic carbocycles. The lowest BCUT2D eigenvalue weighted by molar-refractivity contribution is -0.252. The lowest BCUT2D eigenvalue weighted by Crippen LogP contribution is -2.69. The van der Waals surface area contributed by atoms with Crippen molar-refractivity contribution in [2.45, 2.75) is 112 Å². The molecule has 0 aromatic heterocycles. The second-order valence-corrected chi connectivity index (χ2v) is 15.1. The van der Waals surface area contributed by atoms with E-state index < -0.39 is 29.0 Å².